The fraction of sp³-hybridized carbons (Fsp3) is 0.857. The average Bonchev–Trinajstić information content (AvgIpc) is 2.27. The third-order valence-electron chi connectivity index (χ3n) is 3.90. The summed E-state index contributed by atoms with van der Waals surface area (Å²) in [6.07, 6.45) is 1.13. The first kappa shape index (κ1) is 16.0. The van der Waals surface area contributed by atoms with Gasteiger partial charge in [-0.15, -0.1) is 0 Å². The molecule has 0 saturated carbocycles. The topological polar surface area (TPSA) is 52.9 Å². The summed E-state index contributed by atoms with van der Waals surface area (Å²) in [4.78, 5) is 12.1. The van der Waals surface area contributed by atoms with Gasteiger partial charge in [0.2, 0.25) is 5.91 Å². The smallest absolute Gasteiger partial charge is 0.240 e. The molecule has 0 rings (SSSR count). The number of hydrogen-bond donors (Lipinski definition) is 1. The SMILES string of the molecule is CCC(C#N)(CC)C(=O)NCC(C)C(C)(C)C. The van der Waals surface area contributed by atoms with E-state index in [1.807, 2.05) is 13.8 Å². The molecule has 0 aliphatic heterocycles. The van der Waals surface area contributed by atoms with Gasteiger partial charge in [0.1, 0.15) is 5.41 Å². The van der Waals surface area contributed by atoms with Gasteiger partial charge in [-0.3, -0.25) is 4.79 Å². The summed E-state index contributed by atoms with van der Waals surface area (Å²) in [6, 6.07) is 2.17. The predicted molar refractivity (Wildman–Crippen MR) is 70.3 cm³/mol. The Bertz CT molecular complexity index is 292. The molecule has 0 saturated heterocycles. The summed E-state index contributed by atoms with van der Waals surface area (Å²) in [7, 11) is 0. The van der Waals surface area contributed by atoms with Crippen molar-refractivity contribution in [3.8, 4) is 6.07 Å². The minimum Gasteiger partial charge on any atom is -0.354 e. The van der Waals surface area contributed by atoms with Crippen LogP contribution in [0.1, 0.15) is 54.4 Å². The van der Waals surface area contributed by atoms with Gasteiger partial charge in [0, 0.05) is 6.54 Å². The molecule has 0 radical (unpaired) electrons. The van der Waals surface area contributed by atoms with Crippen LogP contribution in [0.5, 0.6) is 0 Å². The second-order valence-electron chi connectivity index (χ2n) is 5.88. The average molecular weight is 238 g/mol. The van der Waals surface area contributed by atoms with Crippen molar-refractivity contribution < 1.29 is 4.79 Å². The third-order valence-corrected chi connectivity index (χ3v) is 3.90. The first-order valence-corrected chi connectivity index (χ1v) is 6.43. The van der Waals surface area contributed by atoms with E-state index in [9.17, 15) is 4.79 Å². The number of carbonyl (C=O) groups excluding carboxylic acids is 1. The number of nitriles is 1. The monoisotopic (exact) mass is 238 g/mol. The molecule has 98 valence electrons. The van der Waals surface area contributed by atoms with Gasteiger partial charge in [0.25, 0.3) is 0 Å². The molecule has 1 amide bonds. The fourth-order valence-corrected chi connectivity index (χ4v) is 1.50. The lowest BCUT2D eigenvalue weighted by Crippen LogP contribution is -2.42. The van der Waals surface area contributed by atoms with E-state index in [2.05, 4.69) is 39.1 Å². The van der Waals surface area contributed by atoms with Crippen molar-refractivity contribution in [3.05, 3.63) is 0 Å². The lowest BCUT2D eigenvalue weighted by Gasteiger charge is -2.29. The highest BCUT2D eigenvalue weighted by Gasteiger charge is 2.35. The Morgan fingerprint density at radius 2 is 1.76 bits per heavy atom. The molecule has 0 aromatic rings. The lowest BCUT2D eigenvalue weighted by atomic mass is 9.80. The maximum atomic E-state index is 12.1. The Morgan fingerprint density at radius 3 is 2.06 bits per heavy atom. The van der Waals surface area contributed by atoms with Crippen LogP contribution in [-0.4, -0.2) is 12.5 Å². The first-order chi connectivity index (χ1) is 7.73. The van der Waals surface area contributed by atoms with E-state index in [0.29, 0.717) is 25.3 Å². The molecule has 0 heterocycles. The Kier molecular flexibility index (Phi) is 5.68. The number of amides is 1. The number of nitrogens with zero attached hydrogens (tertiary/aromatic N) is 1. The standard InChI is InChI=1S/C14H26N2O/c1-7-14(8-2,10-15)12(17)16-9-11(3)13(4,5)6/h11H,7-9H2,1-6H3,(H,16,17). The summed E-state index contributed by atoms with van der Waals surface area (Å²) >= 11 is 0. The Hall–Kier alpha value is -1.04. The van der Waals surface area contributed by atoms with Crippen molar-refractivity contribution in [2.45, 2.75) is 54.4 Å². The maximum absolute atomic E-state index is 12.1. The van der Waals surface area contributed by atoms with Crippen LogP contribution in [0.25, 0.3) is 0 Å². The zero-order valence-electron chi connectivity index (χ0n) is 12.1. The molecule has 0 aromatic carbocycles. The highest BCUT2D eigenvalue weighted by Crippen LogP contribution is 2.27. The summed E-state index contributed by atoms with van der Waals surface area (Å²) in [5.74, 6) is 0.262. The quantitative estimate of drug-likeness (QED) is 0.800. The predicted octanol–water partition coefficient (Wildman–Crippen LogP) is 3.11. The molecule has 1 N–H and O–H groups in total. The highest BCUT2D eigenvalue weighted by molar-refractivity contribution is 5.85. The number of nitrogens with one attached hydrogen (secondary N) is 1. The van der Waals surface area contributed by atoms with Crippen molar-refractivity contribution in [2.24, 2.45) is 16.7 Å². The largest absolute Gasteiger partial charge is 0.354 e. The summed E-state index contributed by atoms with van der Waals surface area (Å²) in [5.41, 5.74) is -0.682. The summed E-state index contributed by atoms with van der Waals surface area (Å²) in [6.45, 7) is 13.0. The Labute approximate surface area is 106 Å². The van der Waals surface area contributed by atoms with E-state index in [0.717, 1.165) is 0 Å². The fourth-order valence-electron chi connectivity index (χ4n) is 1.50. The summed E-state index contributed by atoms with van der Waals surface area (Å²) < 4.78 is 0. The Balaban J connectivity index is 4.52. The minimum absolute atomic E-state index is 0.124. The normalized spacial score (nSPS) is 13.9. The lowest BCUT2D eigenvalue weighted by molar-refractivity contribution is -0.128. The third kappa shape index (κ3) is 4.03. The second-order valence-corrected chi connectivity index (χ2v) is 5.88. The summed E-state index contributed by atoms with van der Waals surface area (Å²) in [5, 5.41) is 12.1. The van der Waals surface area contributed by atoms with Crippen molar-refractivity contribution >= 4 is 5.91 Å². The molecule has 0 fully saturated rings. The molecule has 17 heavy (non-hydrogen) atoms. The van der Waals surface area contributed by atoms with Crippen LogP contribution in [-0.2, 0) is 4.79 Å². The molecule has 1 atom stereocenters. The Morgan fingerprint density at radius 1 is 1.29 bits per heavy atom. The molecular weight excluding hydrogens is 212 g/mol. The van der Waals surface area contributed by atoms with Crippen LogP contribution < -0.4 is 5.32 Å². The molecule has 3 heteroatoms. The maximum Gasteiger partial charge on any atom is 0.240 e. The zero-order chi connectivity index (χ0) is 13.7. The van der Waals surface area contributed by atoms with Gasteiger partial charge in [0.15, 0.2) is 0 Å². The van der Waals surface area contributed by atoms with Crippen molar-refractivity contribution in [2.75, 3.05) is 6.54 Å². The van der Waals surface area contributed by atoms with Crippen molar-refractivity contribution in [1.82, 2.24) is 5.32 Å². The number of carbonyl (C=O) groups is 1. The van der Waals surface area contributed by atoms with Crippen LogP contribution in [0.3, 0.4) is 0 Å². The van der Waals surface area contributed by atoms with Gasteiger partial charge in [-0.05, 0) is 24.2 Å². The highest BCUT2D eigenvalue weighted by atomic mass is 16.2. The van der Waals surface area contributed by atoms with Gasteiger partial charge in [-0.1, -0.05) is 41.5 Å². The van der Waals surface area contributed by atoms with Crippen LogP contribution in [0.2, 0.25) is 0 Å². The van der Waals surface area contributed by atoms with Gasteiger partial charge >= 0.3 is 0 Å². The van der Waals surface area contributed by atoms with E-state index < -0.39 is 5.41 Å². The van der Waals surface area contributed by atoms with E-state index in [1.54, 1.807) is 0 Å². The molecule has 0 aromatic heterocycles. The molecule has 0 aliphatic carbocycles. The molecule has 3 nitrogen and oxygen atoms in total. The second kappa shape index (κ2) is 6.05. The molecule has 1 unspecified atom stereocenters. The molecule has 0 spiro atoms. The molecular formula is C14H26N2O. The minimum atomic E-state index is -0.850. The van der Waals surface area contributed by atoms with Gasteiger partial charge in [0.05, 0.1) is 6.07 Å². The zero-order valence-corrected chi connectivity index (χ0v) is 12.1. The first-order valence-electron chi connectivity index (χ1n) is 6.43. The van der Waals surface area contributed by atoms with Crippen LogP contribution >= 0.6 is 0 Å². The molecule has 0 aliphatic rings. The van der Waals surface area contributed by atoms with E-state index in [1.165, 1.54) is 0 Å². The van der Waals surface area contributed by atoms with Crippen LogP contribution in [0, 0.1) is 28.1 Å². The number of hydrogen-bond acceptors (Lipinski definition) is 2. The van der Waals surface area contributed by atoms with Gasteiger partial charge in [-0.2, -0.15) is 5.26 Å². The van der Waals surface area contributed by atoms with Crippen LogP contribution in [0.4, 0.5) is 0 Å². The molecule has 0 bridgehead atoms. The van der Waals surface area contributed by atoms with E-state index >= 15 is 0 Å². The van der Waals surface area contributed by atoms with Gasteiger partial charge in [-0.25, -0.2) is 0 Å². The van der Waals surface area contributed by atoms with Crippen molar-refractivity contribution in [1.29, 1.82) is 5.26 Å². The van der Waals surface area contributed by atoms with Crippen molar-refractivity contribution in [3.63, 3.8) is 0 Å². The number of rotatable bonds is 5. The van der Waals surface area contributed by atoms with Gasteiger partial charge < -0.3 is 5.32 Å². The van der Waals surface area contributed by atoms with Crippen LogP contribution in [0.15, 0.2) is 0 Å². The van der Waals surface area contributed by atoms with E-state index in [4.69, 9.17) is 5.26 Å². The van der Waals surface area contributed by atoms with E-state index in [-0.39, 0.29) is 11.3 Å².